The van der Waals surface area contributed by atoms with E-state index in [9.17, 15) is 9.59 Å². The van der Waals surface area contributed by atoms with Crippen LogP contribution in [-0.4, -0.2) is 30.9 Å². The Balaban J connectivity index is 2.12. The smallest absolute Gasteiger partial charge is 0.322 e. The minimum atomic E-state index is -0.107. The molecule has 1 fully saturated rings. The fourth-order valence-corrected chi connectivity index (χ4v) is 2.06. The number of carbonyl (C=O) groups is 2. The zero-order valence-corrected chi connectivity index (χ0v) is 10.3. The zero-order valence-electron chi connectivity index (χ0n) is 10.3. The Hall–Kier alpha value is -1.88. The number of nitrogens with zero attached hydrogens (tertiary/aromatic N) is 1. The molecule has 3 N–H and O–H groups in total. The Bertz CT molecular complexity index is 456. The number of anilines is 1. The number of rotatable bonds is 4. The van der Waals surface area contributed by atoms with Crippen LogP contribution in [0.25, 0.3) is 0 Å². The molecule has 1 aromatic rings. The highest BCUT2D eigenvalue weighted by Gasteiger charge is 2.28. The number of urea groups is 1. The summed E-state index contributed by atoms with van der Waals surface area (Å²) in [7, 11) is 0. The van der Waals surface area contributed by atoms with Gasteiger partial charge in [0.25, 0.3) is 0 Å². The molecular formula is C13H17N3O2. The summed E-state index contributed by atoms with van der Waals surface area (Å²) in [4.78, 5) is 24.6. The second-order valence-electron chi connectivity index (χ2n) is 4.44. The number of carbonyl (C=O) groups excluding carboxylic acids is 2. The van der Waals surface area contributed by atoms with Gasteiger partial charge in [-0.2, -0.15) is 0 Å². The van der Waals surface area contributed by atoms with E-state index in [2.05, 4.69) is 5.32 Å². The van der Waals surface area contributed by atoms with Gasteiger partial charge in [0, 0.05) is 23.8 Å². The van der Waals surface area contributed by atoms with Crippen LogP contribution in [0.1, 0.15) is 23.7 Å². The number of hydrogen-bond donors (Lipinski definition) is 2. The number of nitrogens with one attached hydrogen (secondary N) is 1. The SMILES string of the molecule is CC(=O)c1ccc(N2CC(CCN)NC2=O)cc1. The Morgan fingerprint density at radius 3 is 2.67 bits per heavy atom. The summed E-state index contributed by atoms with van der Waals surface area (Å²) in [5.41, 5.74) is 6.94. The van der Waals surface area contributed by atoms with Gasteiger partial charge < -0.3 is 11.1 Å². The van der Waals surface area contributed by atoms with E-state index in [1.807, 2.05) is 0 Å². The molecule has 1 unspecified atom stereocenters. The molecule has 0 bridgehead atoms. The fraction of sp³-hybridized carbons (Fsp3) is 0.385. The van der Waals surface area contributed by atoms with Gasteiger partial charge in [-0.05, 0) is 44.2 Å². The van der Waals surface area contributed by atoms with Gasteiger partial charge in [0.15, 0.2) is 5.78 Å². The number of nitrogens with two attached hydrogens (primary N) is 1. The van der Waals surface area contributed by atoms with E-state index in [1.54, 1.807) is 29.2 Å². The summed E-state index contributed by atoms with van der Waals surface area (Å²) in [6.45, 7) is 2.70. The van der Waals surface area contributed by atoms with E-state index >= 15 is 0 Å². The van der Waals surface area contributed by atoms with Crippen molar-refractivity contribution in [3.8, 4) is 0 Å². The molecule has 1 heterocycles. The van der Waals surface area contributed by atoms with Crippen molar-refractivity contribution in [1.29, 1.82) is 0 Å². The molecule has 2 rings (SSSR count). The zero-order chi connectivity index (χ0) is 13.1. The largest absolute Gasteiger partial charge is 0.333 e. The Morgan fingerprint density at radius 2 is 2.11 bits per heavy atom. The van der Waals surface area contributed by atoms with Crippen LogP contribution in [0.3, 0.4) is 0 Å². The molecule has 96 valence electrons. The third kappa shape index (κ3) is 2.51. The van der Waals surface area contributed by atoms with Crippen molar-refractivity contribution >= 4 is 17.5 Å². The van der Waals surface area contributed by atoms with Gasteiger partial charge in [-0.3, -0.25) is 9.69 Å². The Labute approximate surface area is 106 Å². The second-order valence-corrected chi connectivity index (χ2v) is 4.44. The van der Waals surface area contributed by atoms with Crippen molar-refractivity contribution in [3.63, 3.8) is 0 Å². The van der Waals surface area contributed by atoms with Gasteiger partial charge in [-0.15, -0.1) is 0 Å². The van der Waals surface area contributed by atoms with Crippen LogP contribution >= 0.6 is 0 Å². The highest BCUT2D eigenvalue weighted by atomic mass is 16.2. The van der Waals surface area contributed by atoms with Crippen LogP contribution in [0, 0.1) is 0 Å². The lowest BCUT2D eigenvalue weighted by atomic mass is 10.1. The summed E-state index contributed by atoms with van der Waals surface area (Å²) in [5.74, 6) is 0.0217. The van der Waals surface area contributed by atoms with Crippen molar-refractivity contribution in [2.24, 2.45) is 5.73 Å². The first-order valence-corrected chi connectivity index (χ1v) is 6.01. The molecule has 1 aromatic carbocycles. The Morgan fingerprint density at radius 1 is 1.44 bits per heavy atom. The van der Waals surface area contributed by atoms with Gasteiger partial charge in [-0.1, -0.05) is 0 Å². The van der Waals surface area contributed by atoms with Crippen LogP contribution in [0.5, 0.6) is 0 Å². The molecule has 18 heavy (non-hydrogen) atoms. The summed E-state index contributed by atoms with van der Waals surface area (Å²) in [6.07, 6.45) is 0.772. The molecule has 1 aliphatic rings. The number of hydrogen-bond acceptors (Lipinski definition) is 3. The molecule has 2 amide bonds. The van der Waals surface area contributed by atoms with Crippen LogP contribution in [-0.2, 0) is 0 Å². The third-order valence-electron chi connectivity index (χ3n) is 3.08. The van der Waals surface area contributed by atoms with Gasteiger partial charge in [0.1, 0.15) is 0 Å². The van der Waals surface area contributed by atoms with Crippen LogP contribution in [0.4, 0.5) is 10.5 Å². The third-order valence-corrected chi connectivity index (χ3v) is 3.08. The molecule has 0 radical (unpaired) electrons. The molecule has 0 saturated carbocycles. The normalized spacial score (nSPS) is 18.9. The highest BCUT2D eigenvalue weighted by Crippen LogP contribution is 2.20. The molecule has 0 spiro atoms. The monoisotopic (exact) mass is 247 g/mol. The van der Waals surface area contributed by atoms with Gasteiger partial charge >= 0.3 is 6.03 Å². The summed E-state index contributed by atoms with van der Waals surface area (Å²) in [6, 6.07) is 7.06. The maximum atomic E-state index is 11.8. The summed E-state index contributed by atoms with van der Waals surface area (Å²) < 4.78 is 0. The van der Waals surface area contributed by atoms with E-state index in [0.717, 1.165) is 12.1 Å². The quantitative estimate of drug-likeness (QED) is 0.783. The average molecular weight is 247 g/mol. The minimum absolute atomic E-state index is 0.0217. The fourth-order valence-electron chi connectivity index (χ4n) is 2.06. The lowest BCUT2D eigenvalue weighted by molar-refractivity contribution is 0.101. The number of amides is 2. The van der Waals surface area contributed by atoms with E-state index in [0.29, 0.717) is 18.7 Å². The standard InChI is InChI=1S/C13H17N3O2/c1-9(17)10-2-4-12(5-3-10)16-8-11(6-7-14)15-13(16)18/h2-5,11H,6-8,14H2,1H3,(H,15,18). The van der Waals surface area contributed by atoms with Crippen molar-refractivity contribution in [1.82, 2.24) is 5.32 Å². The van der Waals surface area contributed by atoms with Gasteiger partial charge in [0.05, 0.1) is 0 Å². The number of benzene rings is 1. The van der Waals surface area contributed by atoms with Crippen LogP contribution in [0.15, 0.2) is 24.3 Å². The van der Waals surface area contributed by atoms with Gasteiger partial charge in [0.2, 0.25) is 0 Å². The topological polar surface area (TPSA) is 75.4 Å². The first kappa shape index (κ1) is 12.6. The first-order chi connectivity index (χ1) is 8.61. The van der Waals surface area contributed by atoms with E-state index in [4.69, 9.17) is 5.73 Å². The molecular weight excluding hydrogens is 230 g/mol. The lowest BCUT2D eigenvalue weighted by Gasteiger charge is -2.14. The summed E-state index contributed by atoms with van der Waals surface area (Å²) in [5, 5.41) is 2.88. The van der Waals surface area contributed by atoms with Crippen LogP contribution < -0.4 is 16.0 Å². The molecule has 5 nitrogen and oxygen atoms in total. The predicted molar refractivity (Wildman–Crippen MR) is 69.8 cm³/mol. The van der Waals surface area contributed by atoms with E-state index in [-0.39, 0.29) is 17.9 Å². The van der Waals surface area contributed by atoms with Crippen LogP contribution in [0.2, 0.25) is 0 Å². The molecule has 0 aromatic heterocycles. The maximum Gasteiger partial charge on any atom is 0.322 e. The van der Waals surface area contributed by atoms with Gasteiger partial charge in [-0.25, -0.2) is 4.79 Å². The molecule has 0 aliphatic carbocycles. The van der Waals surface area contributed by atoms with Crippen molar-refractivity contribution < 1.29 is 9.59 Å². The first-order valence-electron chi connectivity index (χ1n) is 6.01. The van der Waals surface area contributed by atoms with Crippen molar-refractivity contribution in [2.75, 3.05) is 18.0 Å². The van der Waals surface area contributed by atoms with E-state index in [1.165, 1.54) is 6.92 Å². The molecule has 1 atom stereocenters. The highest BCUT2D eigenvalue weighted by molar-refractivity contribution is 5.97. The lowest BCUT2D eigenvalue weighted by Crippen LogP contribution is -2.29. The van der Waals surface area contributed by atoms with Crippen molar-refractivity contribution in [2.45, 2.75) is 19.4 Å². The minimum Gasteiger partial charge on any atom is -0.333 e. The molecule has 1 saturated heterocycles. The number of Topliss-reactive ketones (excluding diaryl/α,β-unsaturated/α-hetero) is 1. The maximum absolute atomic E-state index is 11.8. The predicted octanol–water partition coefficient (Wildman–Crippen LogP) is 1.14. The summed E-state index contributed by atoms with van der Waals surface area (Å²) >= 11 is 0. The van der Waals surface area contributed by atoms with Crippen molar-refractivity contribution in [3.05, 3.63) is 29.8 Å². The second kappa shape index (κ2) is 5.18. The Kier molecular flexibility index (Phi) is 3.62. The molecule has 1 aliphatic heterocycles. The number of ketones is 1. The van der Waals surface area contributed by atoms with E-state index < -0.39 is 0 Å². The molecule has 5 heteroatoms. The average Bonchev–Trinajstić information content (AvgIpc) is 2.71.